The van der Waals surface area contributed by atoms with Gasteiger partial charge in [-0.3, -0.25) is 0 Å². The number of para-hydroxylation sites is 1. The Balaban J connectivity index is 2.02. The molecule has 0 spiro atoms. The summed E-state index contributed by atoms with van der Waals surface area (Å²) in [6.45, 7) is 0.275. The molecule has 122 valence electrons. The molecule has 1 aliphatic heterocycles. The Kier molecular flexibility index (Phi) is 4.50. The number of aliphatic hydroxyl groups excluding tert-OH is 1. The summed E-state index contributed by atoms with van der Waals surface area (Å²) in [4.78, 5) is 12.7. The molecule has 1 saturated heterocycles. The number of ether oxygens (including phenoxy) is 1. The molecular formula is C14H17F3N2O3. The van der Waals surface area contributed by atoms with Gasteiger partial charge in [-0.25, -0.2) is 4.79 Å². The number of nitrogens with zero attached hydrogens (tertiary/aromatic N) is 1. The van der Waals surface area contributed by atoms with Crippen molar-refractivity contribution < 1.29 is 27.8 Å². The SMILES string of the molecule is C[C@@H](O)CNC(=O)N1CC(Oc2ccccc2)(C(F)(F)F)C1. The van der Waals surface area contributed by atoms with Gasteiger partial charge < -0.3 is 20.1 Å². The predicted molar refractivity (Wildman–Crippen MR) is 72.5 cm³/mol. The molecule has 2 amide bonds. The van der Waals surface area contributed by atoms with Gasteiger partial charge in [-0.1, -0.05) is 18.2 Å². The third-order valence-corrected chi connectivity index (χ3v) is 3.30. The molecule has 1 aromatic carbocycles. The van der Waals surface area contributed by atoms with E-state index in [2.05, 4.69) is 5.32 Å². The molecule has 0 saturated carbocycles. The third-order valence-electron chi connectivity index (χ3n) is 3.30. The number of nitrogens with one attached hydrogen (secondary N) is 1. The molecule has 2 N–H and O–H groups in total. The molecule has 8 heteroatoms. The van der Waals surface area contributed by atoms with Crippen LogP contribution in [0.1, 0.15) is 6.92 Å². The molecule has 0 radical (unpaired) electrons. The van der Waals surface area contributed by atoms with Crippen LogP contribution >= 0.6 is 0 Å². The minimum atomic E-state index is -4.59. The maximum absolute atomic E-state index is 13.3. The number of likely N-dealkylation sites (tertiary alicyclic amines) is 1. The van der Waals surface area contributed by atoms with Crippen molar-refractivity contribution in [2.24, 2.45) is 0 Å². The van der Waals surface area contributed by atoms with Gasteiger partial charge in [0.1, 0.15) is 5.75 Å². The average Bonchev–Trinajstić information content (AvgIpc) is 2.39. The summed E-state index contributed by atoms with van der Waals surface area (Å²) in [6, 6.07) is 7.03. The summed E-state index contributed by atoms with van der Waals surface area (Å²) in [7, 11) is 0. The van der Waals surface area contributed by atoms with Crippen LogP contribution < -0.4 is 10.1 Å². The zero-order valence-electron chi connectivity index (χ0n) is 11.9. The van der Waals surface area contributed by atoms with Crippen molar-refractivity contribution >= 4 is 6.03 Å². The van der Waals surface area contributed by atoms with Gasteiger partial charge in [-0.2, -0.15) is 13.2 Å². The zero-order chi connectivity index (χ0) is 16.4. The fraction of sp³-hybridized carbons (Fsp3) is 0.500. The van der Waals surface area contributed by atoms with Crippen LogP contribution in [0.25, 0.3) is 0 Å². The first kappa shape index (κ1) is 16.4. The summed E-state index contributed by atoms with van der Waals surface area (Å²) in [5.41, 5.74) is -2.39. The first-order chi connectivity index (χ1) is 10.2. The monoisotopic (exact) mass is 318 g/mol. The van der Waals surface area contributed by atoms with Crippen LogP contribution in [0.15, 0.2) is 30.3 Å². The van der Waals surface area contributed by atoms with Gasteiger partial charge in [0.2, 0.25) is 5.60 Å². The number of carbonyl (C=O) groups excluding carboxylic acids is 1. The van der Waals surface area contributed by atoms with Crippen molar-refractivity contribution in [3.8, 4) is 5.75 Å². The first-order valence-electron chi connectivity index (χ1n) is 6.75. The number of urea groups is 1. The normalized spacial score (nSPS) is 18.3. The van der Waals surface area contributed by atoms with Crippen molar-refractivity contribution in [3.05, 3.63) is 30.3 Å². The lowest BCUT2D eigenvalue weighted by Crippen LogP contribution is -2.74. The Labute approximate surface area is 125 Å². The molecule has 0 unspecified atom stereocenters. The lowest BCUT2D eigenvalue weighted by molar-refractivity contribution is -0.282. The van der Waals surface area contributed by atoms with Crippen LogP contribution in [0.5, 0.6) is 5.75 Å². The Morgan fingerprint density at radius 1 is 1.41 bits per heavy atom. The molecule has 0 aromatic heterocycles. The smallest absolute Gasteiger partial charge is 0.431 e. The lowest BCUT2D eigenvalue weighted by atomic mass is 9.93. The number of aliphatic hydroxyl groups is 1. The van der Waals surface area contributed by atoms with Crippen molar-refractivity contribution in [2.45, 2.75) is 24.8 Å². The summed E-state index contributed by atoms with van der Waals surface area (Å²) in [6.07, 6.45) is -5.36. The van der Waals surface area contributed by atoms with E-state index in [9.17, 15) is 18.0 Å². The molecule has 2 rings (SSSR count). The van der Waals surface area contributed by atoms with Crippen LogP contribution in [0, 0.1) is 0 Å². The second kappa shape index (κ2) is 6.04. The number of benzene rings is 1. The van der Waals surface area contributed by atoms with Crippen LogP contribution in [0.4, 0.5) is 18.0 Å². The molecule has 0 aliphatic carbocycles. The van der Waals surface area contributed by atoms with Gasteiger partial charge in [0.15, 0.2) is 0 Å². The second-order valence-corrected chi connectivity index (χ2v) is 5.30. The van der Waals surface area contributed by atoms with Gasteiger partial charge >= 0.3 is 12.2 Å². The summed E-state index contributed by atoms with van der Waals surface area (Å²) in [5, 5.41) is 11.4. The molecule has 1 fully saturated rings. The van der Waals surface area contributed by atoms with Crippen LogP contribution in [0.3, 0.4) is 0 Å². The van der Waals surface area contributed by atoms with E-state index < -0.39 is 37.0 Å². The molecule has 22 heavy (non-hydrogen) atoms. The van der Waals surface area contributed by atoms with Crippen LogP contribution in [0.2, 0.25) is 0 Å². The highest BCUT2D eigenvalue weighted by Gasteiger charge is 2.65. The number of hydrogen-bond acceptors (Lipinski definition) is 3. The predicted octanol–water partition coefficient (Wildman–Crippen LogP) is 1.77. The van der Waals surface area contributed by atoms with Gasteiger partial charge in [-0.05, 0) is 19.1 Å². The standard InChI is InChI=1S/C14H17F3N2O3/c1-10(20)7-18-12(21)19-8-13(9-19,14(15,16)17)22-11-5-3-2-4-6-11/h2-6,10,20H,7-9H2,1H3,(H,18,21)/t10-/m1/s1. The topological polar surface area (TPSA) is 61.8 Å². The number of amides is 2. The Bertz CT molecular complexity index is 514. The minimum absolute atomic E-state index is 0.0199. The Hall–Kier alpha value is -1.96. The summed E-state index contributed by atoms with van der Waals surface area (Å²) < 4.78 is 44.9. The quantitative estimate of drug-likeness (QED) is 0.889. The molecule has 5 nitrogen and oxygen atoms in total. The number of alkyl halides is 3. The summed E-state index contributed by atoms with van der Waals surface area (Å²) in [5.74, 6) is 0.101. The van der Waals surface area contributed by atoms with Gasteiger partial charge in [0.25, 0.3) is 0 Å². The second-order valence-electron chi connectivity index (χ2n) is 5.30. The Morgan fingerprint density at radius 3 is 2.50 bits per heavy atom. The molecule has 1 atom stereocenters. The molecule has 0 bridgehead atoms. The third kappa shape index (κ3) is 3.44. The van der Waals surface area contributed by atoms with E-state index in [0.29, 0.717) is 0 Å². The van der Waals surface area contributed by atoms with Crippen molar-refractivity contribution in [1.82, 2.24) is 10.2 Å². The van der Waals surface area contributed by atoms with Gasteiger partial charge in [-0.15, -0.1) is 0 Å². The minimum Gasteiger partial charge on any atom is -0.474 e. The average molecular weight is 318 g/mol. The van der Waals surface area contributed by atoms with Crippen molar-refractivity contribution in [1.29, 1.82) is 0 Å². The van der Waals surface area contributed by atoms with E-state index in [1.54, 1.807) is 18.2 Å². The number of halogens is 3. The lowest BCUT2D eigenvalue weighted by Gasteiger charge is -2.49. The maximum atomic E-state index is 13.3. The highest BCUT2D eigenvalue weighted by atomic mass is 19.4. The van der Waals surface area contributed by atoms with E-state index in [-0.39, 0.29) is 12.3 Å². The first-order valence-corrected chi connectivity index (χ1v) is 6.75. The number of carbonyl (C=O) groups is 1. The zero-order valence-corrected chi connectivity index (χ0v) is 11.9. The number of rotatable bonds is 4. The van der Waals surface area contributed by atoms with E-state index in [1.807, 2.05) is 0 Å². The largest absolute Gasteiger partial charge is 0.474 e. The van der Waals surface area contributed by atoms with Crippen LogP contribution in [-0.2, 0) is 0 Å². The van der Waals surface area contributed by atoms with Gasteiger partial charge in [0, 0.05) is 6.54 Å². The Morgan fingerprint density at radius 2 is 2.00 bits per heavy atom. The van der Waals surface area contributed by atoms with E-state index in [1.165, 1.54) is 19.1 Å². The molecule has 1 aliphatic rings. The molecule has 1 heterocycles. The number of hydrogen-bond donors (Lipinski definition) is 2. The van der Waals surface area contributed by atoms with E-state index in [0.717, 1.165) is 4.90 Å². The molecular weight excluding hydrogens is 301 g/mol. The van der Waals surface area contributed by atoms with Crippen molar-refractivity contribution in [3.63, 3.8) is 0 Å². The van der Waals surface area contributed by atoms with Gasteiger partial charge in [0.05, 0.1) is 19.2 Å². The highest BCUT2D eigenvalue weighted by Crippen LogP contribution is 2.41. The molecule has 1 aromatic rings. The van der Waals surface area contributed by atoms with Crippen LogP contribution in [-0.4, -0.2) is 53.6 Å². The highest BCUT2D eigenvalue weighted by molar-refractivity contribution is 5.75. The fourth-order valence-corrected chi connectivity index (χ4v) is 2.08. The fourth-order valence-electron chi connectivity index (χ4n) is 2.08. The summed E-state index contributed by atoms with van der Waals surface area (Å²) >= 11 is 0. The van der Waals surface area contributed by atoms with Crippen molar-refractivity contribution in [2.75, 3.05) is 19.6 Å². The van der Waals surface area contributed by atoms with E-state index >= 15 is 0 Å². The van der Waals surface area contributed by atoms with E-state index in [4.69, 9.17) is 9.84 Å². The maximum Gasteiger partial charge on any atom is 0.431 e.